The molecule has 3 aromatic rings. The predicted molar refractivity (Wildman–Crippen MR) is 94.2 cm³/mol. The molecule has 0 atom stereocenters. The number of anilines is 1. The minimum Gasteiger partial charge on any atom is -0.408 e. The normalized spacial score (nSPS) is 15.2. The van der Waals surface area contributed by atoms with Gasteiger partial charge in [0, 0.05) is 45.4 Å². The number of aryl methyl sites for hydroxylation is 3. The summed E-state index contributed by atoms with van der Waals surface area (Å²) in [5.74, 6) is 1.54. The first-order valence-electron chi connectivity index (χ1n) is 8.67. The van der Waals surface area contributed by atoms with Gasteiger partial charge < -0.3 is 14.2 Å². The molecule has 1 aliphatic rings. The number of hydrogen-bond acceptors (Lipinski definition) is 9. The van der Waals surface area contributed by atoms with Crippen LogP contribution in [0.25, 0.3) is 4.96 Å². The molecule has 11 heteroatoms. The molecule has 0 saturated carbocycles. The van der Waals surface area contributed by atoms with Gasteiger partial charge in [0.15, 0.2) is 5.82 Å². The number of nitrogens with zero attached hydrogens (tertiary/aromatic N) is 8. The zero-order chi connectivity index (χ0) is 18.1. The largest absolute Gasteiger partial charge is 0.408 e. The topological polar surface area (TPSA) is 106 Å². The molecule has 26 heavy (non-hydrogen) atoms. The van der Waals surface area contributed by atoms with E-state index in [2.05, 4.69) is 25.5 Å². The van der Waals surface area contributed by atoms with E-state index >= 15 is 0 Å². The molecule has 1 saturated heterocycles. The maximum Gasteiger partial charge on any atom is 0.318 e. The van der Waals surface area contributed by atoms with Crippen molar-refractivity contribution in [3.63, 3.8) is 0 Å². The Labute approximate surface area is 153 Å². The van der Waals surface area contributed by atoms with Gasteiger partial charge in [0.25, 0.3) is 0 Å². The van der Waals surface area contributed by atoms with Crippen molar-refractivity contribution in [3.05, 3.63) is 16.7 Å². The van der Waals surface area contributed by atoms with E-state index in [0.717, 1.165) is 22.2 Å². The van der Waals surface area contributed by atoms with Gasteiger partial charge in [0.05, 0.1) is 0 Å². The summed E-state index contributed by atoms with van der Waals surface area (Å²) in [6.07, 6.45) is 1.79. The van der Waals surface area contributed by atoms with Crippen LogP contribution in [-0.2, 0) is 17.6 Å². The lowest BCUT2D eigenvalue weighted by atomic mass is 10.2. The lowest BCUT2D eigenvalue weighted by Gasteiger charge is -2.33. The smallest absolute Gasteiger partial charge is 0.318 e. The number of fused-ring (bicyclic) bond motifs is 1. The average Bonchev–Trinajstić information content (AvgIpc) is 3.37. The van der Waals surface area contributed by atoms with Crippen LogP contribution in [0, 0.1) is 6.92 Å². The highest BCUT2D eigenvalue weighted by molar-refractivity contribution is 7.16. The van der Waals surface area contributed by atoms with Gasteiger partial charge in [0.1, 0.15) is 5.01 Å². The summed E-state index contributed by atoms with van der Waals surface area (Å²) in [4.78, 5) is 17.2. The van der Waals surface area contributed by atoms with Crippen LogP contribution in [-0.4, -0.2) is 67.0 Å². The van der Waals surface area contributed by atoms with Crippen LogP contribution in [0.4, 0.5) is 6.01 Å². The Morgan fingerprint density at radius 2 is 1.96 bits per heavy atom. The van der Waals surface area contributed by atoms with Crippen LogP contribution < -0.4 is 4.90 Å². The first-order chi connectivity index (χ1) is 12.6. The lowest BCUT2D eigenvalue weighted by Crippen LogP contribution is -2.49. The number of hydrogen-bond donors (Lipinski definition) is 0. The quantitative estimate of drug-likeness (QED) is 0.641. The van der Waals surface area contributed by atoms with Crippen molar-refractivity contribution < 1.29 is 9.21 Å². The summed E-state index contributed by atoms with van der Waals surface area (Å²) in [7, 11) is 0. The minimum absolute atomic E-state index is 0.145. The average molecular weight is 376 g/mol. The zero-order valence-corrected chi connectivity index (χ0v) is 15.6. The molecule has 0 radical (unpaired) electrons. The standard InChI is InChI=1S/C15H20N8O2S/c1-3-11-17-18-14(25-11)22-8-6-21(7-9-22)13(24)5-4-12-20-23-10(2)16-19-15(23)26-12/h3-9H2,1-2H3. The predicted octanol–water partition coefficient (Wildman–Crippen LogP) is 0.721. The summed E-state index contributed by atoms with van der Waals surface area (Å²) >= 11 is 1.48. The van der Waals surface area contributed by atoms with Crippen LogP contribution in [0.5, 0.6) is 0 Å². The van der Waals surface area contributed by atoms with Gasteiger partial charge in [-0.25, -0.2) is 0 Å². The van der Waals surface area contributed by atoms with Crippen molar-refractivity contribution in [2.75, 3.05) is 31.1 Å². The van der Waals surface area contributed by atoms with E-state index in [1.54, 1.807) is 4.52 Å². The summed E-state index contributed by atoms with van der Waals surface area (Å²) < 4.78 is 7.30. The Bertz CT molecular complexity index is 908. The van der Waals surface area contributed by atoms with Gasteiger partial charge in [0.2, 0.25) is 16.8 Å². The fraction of sp³-hybridized carbons (Fsp3) is 0.600. The first kappa shape index (κ1) is 16.9. The van der Waals surface area contributed by atoms with E-state index < -0.39 is 0 Å². The molecule has 0 N–H and O–H groups in total. The summed E-state index contributed by atoms with van der Waals surface area (Å²) in [6.45, 7) is 6.56. The Morgan fingerprint density at radius 3 is 2.65 bits per heavy atom. The van der Waals surface area contributed by atoms with E-state index in [0.29, 0.717) is 50.9 Å². The third-order valence-electron chi connectivity index (χ3n) is 4.40. The molecule has 0 bridgehead atoms. The Morgan fingerprint density at radius 1 is 1.15 bits per heavy atom. The number of amides is 1. The van der Waals surface area contributed by atoms with E-state index in [1.165, 1.54) is 11.3 Å². The molecule has 10 nitrogen and oxygen atoms in total. The van der Waals surface area contributed by atoms with Crippen molar-refractivity contribution >= 4 is 28.2 Å². The SMILES string of the molecule is CCc1nnc(N2CCN(C(=O)CCc3nn4c(C)nnc4s3)CC2)o1. The molecular formula is C15H20N8O2S. The molecule has 138 valence electrons. The molecule has 0 unspecified atom stereocenters. The van der Waals surface area contributed by atoms with Gasteiger partial charge in [-0.15, -0.1) is 15.3 Å². The van der Waals surface area contributed by atoms with Crippen molar-refractivity contribution in [1.29, 1.82) is 0 Å². The van der Waals surface area contributed by atoms with Crippen molar-refractivity contribution in [2.24, 2.45) is 0 Å². The summed E-state index contributed by atoms with van der Waals surface area (Å²) in [5.41, 5.74) is 0. The van der Waals surface area contributed by atoms with Crippen molar-refractivity contribution in [2.45, 2.75) is 33.1 Å². The first-order valence-corrected chi connectivity index (χ1v) is 9.48. The second-order valence-electron chi connectivity index (χ2n) is 6.14. The van der Waals surface area contributed by atoms with E-state index in [1.807, 2.05) is 23.6 Å². The molecule has 0 aliphatic carbocycles. The second-order valence-corrected chi connectivity index (χ2v) is 7.18. The fourth-order valence-electron chi connectivity index (χ4n) is 2.89. The maximum absolute atomic E-state index is 12.5. The van der Waals surface area contributed by atoms with Crippen molar-refractivity contribution in [3.8, 4) is 0 Å². The molecule has 1 amide bonds. The molecule has 0 spiro atoms. The molecule has 1 fully saturated rings. The monoisotopic (exact) mass is 376 g/mol. The highest BCUT2D eigenvalue weighted by atomic mass is 32.1. The third kappa shape index (κ3) is 3.26. The van der Waals surface area contributed by atoms with Crippen LogP contribution >= 0.6 is 11.3 Å². The van der Waals surface area contributed by atoms with Gasteiger partial charge in [-0.05, 0) is 6.92 Å². The summed E-state index contributed by atoms with van der Waals surface area (Å²) in [6, 6.07) is 0.545. The molecule has 4 rings (SSSR count). The van der Waals surface area contributed by atoms with Crippen LogP contribution in [0.3, 0.4) is 0 Å². The number of carbonyl (C=O) groups is 1. The number of carbonyl (C=O) groups excluding carboxylic acids is 1. The number of rotatable bonds is 5. The summed E-state index contributed by atoms with van der Waals surface area (Å²) in [5, 5.41) is 21.4. The highest BCUT2D eigenvalue weighted by Crippen LogP contribution is 2.18. The van der Waals surface area contributed by atoms with E-state index in [-0.39, 0.29) is 5.91 Å². The van der Waals surface area contributed by atoms with E-state index in [9.17, 15) is 4.79 Å². The molecule has 0 aromatic carbocycles. The Kier molecular flexibility index (Phi) is 4.53. The lowest BCUT2D eigenvalue weighted by molar-refractivity contribution is -0.131. The minimum atomic E-state index is 0.145. The molecule has 3 aromatic heterocycles. The van der Waals surface area contributed by atoms with Crippen molar-refractivity contribution in [1.82, 2.24) is 34.9 Å². The highest BCUT2D eigenvalue weighted by Gasteiger charge is 2.24. The third-order valence-corrected chi connectivity index (χ3v) is 5.36. The molecule has 1 aliphatic heterocycles. The Hall–Kier alpha value is -2.56. The van der Waals surface area contributed by atoms with E-state index in [4.69, 9.17) is 4.42 Å². The van der Waals surface area contributed by atoms with Gasteiger partial charge in [-0.2, -0.15) is 9.61 Å². The van der Waals surface area contributed by atoms with Gasteiger partial charge >= 0.3 is 6.01 Å². The maximum atomic E-state index is 12.5. The van der Waals surface area contributed by atoms with Crippen LogP contribution in [0.15, 0.2) is 4.42 Å². The molecule has 4 heterocycles. The van der Waals surface area contributed by atoms with Gasteiger partial charge in [-0.3, -0.25) is 4.79 Å². The Balaban J connectivity index is 1.29. The van der Waals surface area contributed by atoms with Gasteiger partial charge in [-0.1, -0.05) is 23.4 Å². The number of aromatic nitrogens is 6. The van der Waals surface area contributed by atoms with Crippen LogP contribution in [0.2, 0.25) is 0 Å². The fourth-order valence-corrected chi connectivity index (χ4v) is 3.77. The second kappa shape index (κ2) is 6.98. The van der Waals surface area contributed by atoms with Crippen LogP contribution in [0.1, 0.15) is 30.1 Å². The zero-order valence-electron chi connectivity index (χ0n) is 14.8. The molecular weight excluding hydrogens is 356 g/mol. The number of piperazine rings is 1.